The van der Waals surface area contributed by atoms with Gasteiger partial charge in [-0.2, -0.15) is 0 Å². The Bertz CT molecular complexity index is 793. The molecule has 0 heterocycles. The van der Waals surface area contributed by atoms with E-state index in [-0.39, 0.29) is 23.4 Å². The van der Waals surface area contributed by atoms with Gasteiger partial charge in [0.1, 0.15) is 0 Å². The van der Waals surface area contributed by atoms with Crippen LogP contribution in [0.5, 0.6) is 0 Å². The number of carboxylic acid groups (broad SMARTS) is 1. The Morgan fingerprint density at radius 2 is 1.46 bits per heavy atom. The van der Waals surface area contributed by atoms with Crippen molar-refractivity contribution >= 4 is 11.9 Å². The fraction of sp³-hybridized carbons (Fsp3) is 0.333. The highest BCUT2D eigenvalue weighted by Gasteiger charge is 2.20. The Balaban J connectivity index is 2.24. The van der Waals surface area contributed by atoms with Crippen LogP contribution in [0.2, 0.25) is 0 Å². The van der Waals surface area contributed by atoms with E-state index in [0.29, 0.717) is 23.1 Å². The van der Waals surface area contributed by atoms with E-state index < -0.39 is 12.1 Å². The van der Waals surface area contributed by atoms with Gasteiger partial charge in [-0.25, -0.2) is 4.79 Å². The van der Waals surface area contributed by atoms with Gasteiger partial charge in [-0.3, -0.25) is 4.79 Å². The molecule has 1 atom stereocenters. The summed E-state index contributed by atoms with van der Waals surface area (Å²) in [5.41, 5.74) is 1.52. The number of aromatic carboxylic acids is 1. The van der Waals surface area contributed by atoms with Crippen molar-refractivity contribution in [2.45, 2.75) is 33.3 Å². The van der Waals surface area contributed by atoms with Gasteiger partial charge in [-0.1, -0.05) is 57.2 Å². The number of aliphatic hydroxyl groups excluding tert-OH is 1. The Morgan fingerprint density at radius 3 is 2.00 bits per heavy atom. The number of carbonyl (C=O) groups excluding carboxylic acids is 1. The first kappa shape index (κ1) is 19.7. The molecule has 0 bridgehead atoms. The minimum Gasteiger partial charge on any atom is -0.478 e. The molecule has 3 N–H and O–H groups in total. The zero-order chi connectivity index (χ0) is 19.3. The summed E-state index contributed by atoms with van der Waals surface area (Å²) in [7, 11) is 0. The standard InChI is InChI=1S/C21H25NO4/c1-21(2,3)12-14(23)13-22-19(24)17-10-6-4-8-15(17)16-9-5-7-11-18(16)20(25)26/h4-11,14,23H,12-13H2,1-3H3,(H,22,24)(H,25,26). The van der Waals surface area contributed by atoms with Crippen LogP contribution in [-0.2, 0) is 0 Å². The first-order valence-electron chi connectivity index (χ1n) is 8.57. The topological polar surface area (TPSA) is 86.6 Å². The molecule has 2 rings (SSSR count). The van der Waals surface area contributed by atoms with E-state index in [1.54, 1.807) is 42.5 Å². The minimum absolute atomic E-state index is 0.0392. The first-order valence-corrected chi connectivity index (χ1v) is 8.57. The van der Waals surface area contributed by atoms with Crippen LogP contribution in [0.1, 0.15) is 47.9 Å². The zero-order valence-corrected chi connectivity index (χ0v) is 15.3. The third-order valence-corrected chi connectivity index (χ3v) is 3.97. The summed E-state index contributed by atoms with van der Waals surface area (Å²) < 4.78 is 0. The van der Waals surface area contributed by atoms with E-state index in [9.17, 15) is 19.8 Å². The van der Waals surface area contributed by atoms with Crippen LogP contribution in [0.15, 0.2) is 48.5 Å². The molecule has 1 unspecified atom stereocenters. The number of amides is 1. The molecule has 0 saturated heterocycles. The van der Waals surface area contributed by atoms with E-state index in [1.165, 1.54) is 6.07 Å². The number of benzene rings is 2. The van der Waals surface area contributed by atoms with Crippen molar-refractivity contribution in [3.63, 3.8) is 0 Å². The molecule has 0 aliphatic carbocycles. The Hall–Kier alpha value is -2.66. The molecule has 0 aromatic heterocycles. The first-order chi connectivity index (χ1) is 12.2. The molecule has 0 aliphatic rings. The zero-order valence-electron chi connectivity index (χ0n) is 15.3. The molecular formula is C21H25NO4. The Morgan fingerprint density at radius 1 is 0.962 bits per heavy atom. The molecule has 5 heteroatoms. The van der Waals surface area contributed by atoms with Gasteiger partial charge >= 0.3 is 5.97 Å². The van der Waals surface area contributed by atoms with Crippen molar-refractivity contribution in [1.82, 2.24) is 5.32 Å². The van der Waals surface area contributed by atoms with Gasteiger partial charge in [0.05, 0.1) is 11.7 Å². The second-order valence-corrected chi connectivity index (χ2v) is 7.52. The summed E-state index contributed by atoms with van der Waals surface area (Å²) in [5.74, 6) is -1.38. The molecule has 0 spiro atoms. The third-order valence-electron chi connectivity index (χ3n) is 3.97. The molecule has 0 aliphatic heterocycles. The predicted molar refractivity (Wildman–Crippen MR) is 101 cm³/mol. The third kappa shape index (κ3) is 5.17. The van der Waals surface area contributed by atoms with E-state index in [2.05, 4.69) is 5.32 Å². The van der Waals surface area contributed by atoms with Crippen LogP contribution < -0.4 is 5.32 Å². The summed E-state index contributed by atoms with van der Waals surface area (Å²) in [6.45, 7) is 6.22. The molecule has 2 aromatic carbocycles. The maximum Gasteiger partial charge on any atom is 0.336 e. The Labute approximate surface area is 153 Å². The molecule has 26 heavy (non-hydrogen) atoms. The van der Waals surface area contributed by atoms with Crippen LogP contribution in [-0.4, -0.2) is 34.7 Å². The lowest BCUT2D eigenvalue weighted by Gasteiger charge is -2.22. The van der Waals surface area contributed by atoms with Gasteiger partial charge in [0.2, 0.25) is 0 Å². The normalized spacial score (nSPS) is 12.5. The molecule has 0 fully saturated rings. The number of hydrogen-bond acceptors (Lipinski definition) is 3. The maximum absolute atomic E-state index is 12.6. The van der Waals surface area contributed by atoms with Crippen molar-refractivity contribution in [3.8, 4) is 11.1 Å². The Kier molecular flexibility index (Phi) is 6.16. The lowest BCUT2D eigenvalue weighted by molar-refractivity contribution is 0.0697. The highest BCUT2D eigenvalue weighted by Crippen LogP contribution is 2.27. The number of carboxylic acids is 1. The van der Waals surface area contributed by atoms with Crippen LogP contribution in [0.3, 0.4) is 0 Å². The van der Waals surface area contributed by atoms with E-state index in [4.69, 9.17) is 0 Å². The molecular weight excluding hydrogens is 330 g/mol. The number of aliphatic hydroxyl groups is 1. The second-order valence-electron chi connectivity index (χ2n) is 7.52. The largest absolute Gasteiger partial charge is 0.478 e. The number of carbonyl (C=O) groups is 2. The van der Waals surface area contributed by atoms with Crippen molar-refractivity contribution in [2.24, 2.45) is 5.41 Å². The van der Waals surface area contributed by atoms with Crippen molar-refractivity contribution < 1.29 is 19.8 Å². The monoisotopic (exact) mass is 355 g/mol. The van der Waals surface area contributed by atoms with E-state index in [1.807, 2.05) is 20.8 Å². The summed E-state index contributed by atoms with van der Waals surface area (Å²) >= 11 is 0. The van der Waals surface area contributed by atoms with Crippen LogP contribution >= 0.6 is 0 Å². The SMILES string of the molecule is CC(C)(C)CC(O)CNC(=O)c1ccccc1-c1ccccc1C(=O)O. The fourth-order valence-corrected chi connectivity index (χ4v) is 2.91. The highest BCUT2D eigenvalue weighted by atomic mass is 16.4. The van der Waals surface area contributed by atoms with Crippen LogP contribution in [0, 0.1) is 5.41 Å². The van der Waals surface area contributed by atoms with Gasteiger partial charge in [0.25, 0.3) is 5.91 Å². The van der Waals surface area contributed by atoms with Gasteiger partial charge in [-0.15, -0.1) is 0 Å². The quantitative estimate of drug-likeness (QED) is 0.739. The van der Waals surface area contributed by atoms with E-state index in [0.717, 1.165) is 0 Å². The van der Waals surface area contributed by atoms with Crippen molar-refractivity contribution in [3.05, 3.63) is 59.7 Å². The molecule has 0 radical (unpaired) electrons. The molecule has 138 valence electrons. The van der Waals surface area contributed by atoms with Gasteiger partial charge in [0.15, 0.2) is 0 Å². The molecule has 5 nitrogen and oxygen atoms in total. The molecule has 2 aromatic rings. The lowest BCUT2D eigenvalue weighted by Crippen LogP contribution is -2.34. The highest BCUT2D eigenvalue weighted by molar-refractivity contribution is 6.04. The number of rotatable bonds is 6. The summed E-state index contributed by atoms with van der Waals surface area (Å²) in [6.07, 6.45) is -0.0750. The smallest absolute Gasteiger partial charge is 0.336 e. The predicted octanol–water partition coefficient (Wildman–Crippen LogP) is 3.58. The average molecular weight is 355 g/mol. The van der Waals surface area contributed by atoms with E-state index >= 15 is 0 Å². The second kappa shape index (κ2) is 8.15. The maximum atomic E-state index is 12.6. The average Bonchev–Trinajstić information content (AvgIpc) is 2.58. The number of hydrogen-bond donors (Lipinski definition) is 3. The minimum atomic E-state index is -1.04. The van der Waals surface area contributed by atoms with Gasteiger partial charge in [0, 0.05) is 12.1 Å². The van der Waals surface area contributed by atoms with Gasteiger partial charge < -0.3 is 15.5 Å². The van der Waals surface area contributed by atoms with Crippen LogP contribution in [0.25, 0.3) is 11.1 Å². The van der Waals surface area contributed by atoms with Crippen molar-refractivity contribution in [1.29, 1.82) is 0 Å². The molecule has 1 amide bonds. The van der Waals surface area contributed by atoms with Crippen molar-refractivity contribution in [2.75, 3.05) is 6.54 Å². The van der Waals surface area contributed by atoms with Crippen LogP contribution in [0.4, 0.5) is 0 Å². The summed E-state index contributed by atoms with van der Waals surface area (Å²) in [6, 6.07) is 13.5. The summed E-state index contributed by atoms with van der Waals surface area (Å²) in [5, 5.41) is 22.2. The van der Waals surface area contributed by atoms with Gasteiger partial charge in [-0.05, 0) is 35.1 Å². The fourth-order valence-electron chi connectivity index (χ4n) is 2.91. The summed E-state index contributed by atoms with van der Waals surface area (Å²) in [4.78, 5) is 24.1. The number of nitrogens with one attached hydrogen (secondary N) is 1. The lowest BCUT2D eigenvalue weighted by atomic mass is 9.89. The molecule has 0 saturated carbocycles.